The van der Waals surface area contributed by atoms with Crippen LogP contribution in [0.3, 0.4) is 0 Å². The summed E-state index contributed by atoms with van der Waals surface area (Å²) in [5.41, 5.74) is 2.11. The summed E-state index contributed by atoms with van der Waals surface area (Å²) in [4.78, 5) is 28.3. The van der Waals surface area contributed by atoms with Gasteiger partial charge in [-0.2, -0.15) is 0 Å². The molecule has 1 aliphatic rings. The van der Waals surface area contributed by atoms with E-state index in [0.29, 0.717) is 45.7 Å². The fourth-order valence-electron chi connectivity index (χ4n) is 4.35. The van der Waals surface area contributed by atoms with Crippen LogP contribution in [-0.4, -0.2) is 37.6 Å². The van der Waals surface area contributed by atoms with Crippen molar-refractivity contribution in [2.24, 2.45) is 0 Å². The van der Waals surface area contributed by atoms with Gasteiger partial charge in [-0.05, 0) is 73.0 Å². The average molecular weight is 522 g/mol. The third-order valence-electron chi connectivity index (χ3n) is 6.20. The van der Waals surface area contributed by atoms with Crippen molar-refractivity contribution in [3.63, 3.8) is 0 Å². The number of halogens is 1. The van der Waals surface area contributed by atoms with Crippen LogP contribution in [0.25, 0.3) is 5.76 Å². The third-order valence-corrected chi connectivity index (χ3v) is 6.43. The molecule has 1 N–H and O–H groups in total. The van der Waals surface area contributed by atoms with Crippen molar-refractivity contribution in [1.82, 2.24) is 0 Å². The second kappa shape index (κ2) is 11.0. The van der Waals surface area contributed by atoms with Gasteiger partial charge in [0.2, 0.25) is 0 Å². The lowest BCUT2D eigenvalue weighted by Crippen LogP contribution is -2.30. The van der Waals surface area contributed by atoms with Crippen LogP contribution in [0.4, 0.5) is 5.69 Å². The van der Waals surface area contributed by atoms with Crippen molar-refractivity contribution in [2.75, 3.05) is 25.7 Å². The number of ether oxygens (including phenoxy) is 3. The Morgan fingerprint density at radius 3 is 2.32 bits per heavy atom. The lowest BCUT2D eigenvalue weighted by Gasteiger charge is -2.27. The van der Waals surface area contributed by atoms with Crippen LogP contribution in [0.5, 0.6) is 17.2 Å². The maximum atomic E-state index is 13.5. The van der Waals surface area contributed by atoms with E-state index in [1.165, 1.54) is 19.1 Å². The van der Waals surface area contributed by atoms with E-state index in [2.05, 4.69) is 0 Å². The summed E-state index contributed by atoms with van der Waals surface area (Å²) in [6.45, 7) is 4.40. The molecule has 1 atom stereocenters. The van der Waals surface area contributed by atoms with E-state index in [4.69, 9.17) is 25.8 Å². The van der Waals surface area contributed by atoms with Crippen LogP contribution in [0.1, 0.15) is 36.1 Å². The number of anilines is 1. The number of methoxy groups -OCH3 is 2. The minimum Gasteiger partial charge on any atom is -0.507 e. The SMILES string of the molecule is CCCOc1ccc(/C(O)=C2\C(=O)C(=O)N(c3cc(Cl)ccc3C)C2c2ccc(OC)c(OC)c2)cc1. The molecule has 0 aromatic heterocycles. The van der Waals surface area contributed by atoms with Crippen LogP contribution in [-0.2, 0) is 9.59 Å². The maximum absolute atomic E-state index is 13.5. The first-order chi connectivity index (χ1) is 17.8. The number of hydrogen-bond acceptors (Lipinski definition) is 6. The Morgan fingerprint density at radius 2 is 1.68 bits per heavy atom. The second-order valence-corrected chi connectivity index (χ2v) is 9.02. The molecule has 0 bridgehead atoms. The summed E-state index contributed by atoms with van der Waals surface area (Å²) in [6.07, 6.45) is 0.861. The molecule has 1 fully saturated rings. The van der Waals surface area contributed by atoms with Gasteiger partial charge in [0.15, 0.2) is 11.5 Å². The van der Waals surface area contributed by atoms with E-state index < -0.39 is 17.7 Å². The van der Waals surface area contributed by atoms with Crippen molar-refractivity contribution in [3.05, 3.63) is 87.9 Å². The maximum Gasteiger partial charge on any atom is 0.300 e. The van der Waals surface area contributed by atoms with Gasteiger partial charge in [-0.3, -0.25) is 14.5 Å². The molecule has 1 aliphatic heterocycles. The van der Waals surface area contributed by atoms with Crippen molar-refractivity contribution in [2.45, 2.75) is 26.3 Å². The molecule has 1 saturated heterocycles. The van der Waals surface area contributed by atoms with Gasteiger partial charge in [0.25, 0.3) is 11.7 Å². The number of hydrogen-bond donors (Lipinski definition) is 1. The van der Waals surface area contributed by atoms with Crippen LogP contribution >= 0.6 is 11.6 Å². The number of nitrogens with zero attached hydrogens (tertiary/aromatic N) is 1. The first-order valence-corrected chi connectivity index (χ1v) is 12.2. The normalized spacial score (nSPS) is 16.7. The summed E-state index contributed by atoms with van der Waals surface area (Å²) in [7, 11) is 3.02. The summed E-state index contributed by atoms with van der Waals surface area (Å²) in [5.74, 6) is -0.305. The Balaban J connectivity index is 1.92. The molecule has 3 aromatic rings. The molecule has 0 saturated carbocycles. The fraction of sp³-hybridized carbons (Fsp3) is 0.241. The first kappa shape index (κ1) is 26.1. The predicted molar refractivity (Wildman–Crippen MR) is 143 cm³/mol. The highest BCUT2D eigenvalue weighted by Crippen LogP contribution is 2.45. The molecule has 1 unspecified atom stereocenters. The van der Waals surface area contributed by atoms with E-state index >= 15 is 0 Å². The number of aliphatic hydroxyl groups excluding tert-OH is 1. The minimum absolute atomic E-state index is 0.0428. The highest BCUT2D eigenvalue weighted by molar-refractivity contribution is 6.52. The summed E-state index contributed by atoms with van der Waals surface area (Å²) < 4.78 is 16.5. The molecule has 3 aromatic carbocycles. The Bertz CT molecular complexity index is 1370. The van der Waals surface area contributed by atoms with Gasteiger partial charge in [0.1, 0.15) is 11.5 Å². The second-order valence-electron chi connectivity index (χ2n) is 8.59. The van der Waals surface area contributed by atoms with Crippen molar-refractivity contribution in [3.8, 4) is 17.2 Å². The van der Waals surface area contributed by atoms with Crippen LogP contribution < -0.4 is 19.1 Å². The molecule has 0 spiro atoms. The molecule has 7 nitrogen and oxygen atoms in total. The van der Waals surface area contributed by atoms with Gasteiger partial charge in [0.05, 0.1) is 32.4 Å². The van der Waals surface area contributed by atoms with Gasteiger partial charge < -0.3 is 19.3 Å². The predicted octanol–water partition coefficient (Wildman–Crippen LogP) is 6.08. The number of amides is 1. The number of carbonyl (C=O) groups is 2. The van der Waals surface area contributed by atoms with Crippen LogP contribution in [0, 0.1) is 6.92 Å². The van der Waals surface area contributed by atoms with E-state index in [0.717, 1.165) is 12.0 Å². The van der Waals surface area contributed by atoms with E-state index in [1.54, 1.807) is 60.7 Å². The standard InChI is InChI=1S/C29H28ClNO6/c1-5-14-37-21-11-7-18(8-12-21)27(32)25-26(19-9-13-23(35-3)24(15-19)36-4)31(29(34)28(25)33)22-16-20(30)10-6-17(22)2/h6-13,15-16,26,32H,5,14H2,1-4H3/b27-25+. The average Bonchev–Trinajstić information content (AvgIpc) is 3.18. The van der Waals surface area contributed by atoms with Gasteiger partial charge >= 0.3 is 0 Å². The van der Waals surface area contributed by atoms with Crippen molar-refractivity contribution in [1.29, 1.82) is 0 Å². The van der Waals surface area contributed by atoms with Gasteiger partial charge in [0, 0.05) is 16.3 Å². The number of ketones is 1. The zero-order valence-electron chi connectivity index (χ0n) is 21.1. The molecule has 192 valence electrons. The Morgan fingerprint density at radius 1 is 0.973 bits per heavy atom. The molecular formula is C29H28ClNO6. The molecule has 8 heteroatoms. The van der Waals surface area contributed by atoms with Crippen LogP contribution in [0.15, 0.2) is 66.2 Å². The molecule has 0 aliphatic carbocycles. The van der Waals surface area contributed by atoms with E-state index in [9.17, 15) is 14.7 Å². The number of aliphatic hydroxyl groups is 1. The lowest BCUT2D eigenvalue weighted by molar-refractivity contribution is -0.132. The van der Waals surface area contributed by atoms with Gasteiger partial charge in [-0.25, -0.2) is 0 Å². The number of rotatable bonds is 8. The first-order valence-electron chi connectivity index (χ1n) is 11.8. The molecule has 37 heavy (non-hydrogen) atoms. The largest absolute Gasteiger partial charge is 0.507 e. The third kappa shape index (κ3) is 5.00. The highest BCUT2D eigenvalue weighted by atomic mass is 35.5. The van der Waals surface area contributed by atoms with Gasteiger partial charge in [-0.1, -0.05) is 30.7 Å². The zero-order chi connectivity index (χ0) is 26.7. The monoisotopic (exact) mass is 521 g/mol. The van der Waals surface area contributed by atoms with Gasteiger partial charge in [-0.15, -0.1) is 0 Å². The Hall–Kier alpha value is -3.97. The summed E-state index contributed by atoms with van der Waals surface area (Å²) >= 11 is 6.27. The molecular weight excluding hydrogens is 494 g/mol. The van der Waals surface area contributed by atoms with Crippen molar-refractivity contribution < 1.29 is 28.9 Å². The quantitative estimate of drug-likeness (QED) is 0.220. The topological polar surface area (TPSA) is 85.3 Å². The smallest absolute Gasteiger partial charge is 0.300 e. The zero-order valence-corrected chi connectivity index (χ0v) is 21.8. The fourth-order valence-corrected chi connectivity index (χ4v) is 4.51. The Labute approximate surface area is 220 Å². The number of aryl methyl sites for hydroxylation is 1. The number of Topliss-reactive ketones (excluding diaryl/α,β-unsaturated/α-hetero) is 1. The van der Waals surface area contributed by atoms with E-state index in [-0.39, 0.29) is 11.3 Å². The Kier molecular flexibility index (Phi) is 7.74. The molecule has 4 rings (SSSR count). The molecule has 1 amide bonds. The summed E-state index contributed by atoms with van der Waals surface area (Å²) in [6, 6.07) is 16.1. The molecule has 0 radical (unpaired) electrons. The van der Waals surface area contributed by atoms with Crippen molar-refractivity contribution >= 4 is 34.7 Å². The lowest BCUT2D eigenvalue weighted by atomic mass is 9.94. The number of benzene rings is 3. The number of carbonyl (C=O) groups excluding carboxylic acids is 2. The summed E-state index contributed by atoms with van der Waals surface area (Å²) in [5, 5.41) is 11.8. The minimum atomic E-state index is -0.937. The highest BCUT2D eigenvalue weighted by Gasteiger charge is 2.47. The van der Waals surface area contributed by atoms with Crippen LogP contribution in [0.2, 0.25) is 5.02 Å². The molecule has 1 heterocycles. The van der Waals surface area contributed by atoms with E-state index in [1.807, 2.05) is 13.8 Å².